The molecule has 0 aliphatic heterocycles. The largest absolute Gasteiger partial charge is 0.494 e. The molecule has 0 fully saturated rings. The van der Waals surface area contributed by atoms with Crippen LogP contribution in [0.25, 0.3) is 0 Å². The molecule has 0 aromatic heterocycles. The number of hydrogen-bond acceptors (Lipinski definition) is 4. The SMILES string of the molecule is CCCOc1ccc(C(=O)NC(=S)Nc2ccc(NC(=O)C(C)C)cc2)cc1. The van der Waals surface area contributed by atoms with Crippen LogP contribution in [0.3, 0.4) is 0 Å². The molecule has 0 bridgehead atoms. The molecule has 2 aromatic carbocycles. The fraction of sp³-hybridized carbons (Fsp3) is 0.286. The highest BCUT2D eigenvalue weighted by Crippen LogP contribution is 2.15. The Labute approximate surface area is 170 Å². The van der Waals surface area contributed by atoms with E-state index in [0.717, 1.165) is 12.2 Å². The molecule has 0 aliphatic rings. The predicted octanol–water partition coefficient (Wildman–Crippen LogP) is 4.20. The van der Waals surface area contributed by atoms with Crippen LogP contribution in [0.5, 0.6) is 5.75 Å². The normalized spacial score (nSPS) is 10.3. The average molecular weight is 400 g/mol. The molecule has 7 heteroatoms. The number of hydrogen-bond donors (Lipinski definition) is 3. The molecule has 0 spiro atoms. The van der Waals surface area contributed by atoms with Crippen LogP contribution in [-0.4, -0.2) is 23.5 Å². The van der Waals surface area contributed by atoms with Crippen molar-refractivity contribution in [1.29, 1.82) is 0 Å². The molecular formula is C21H25N3O3S. The van der Waals surface area contributed by atoms with E-state index in [-0.39, 0.29) is 22.8 Å². The molecule has 0 saturated heterocycles. The van der Waals surface area contributed by atoms with E-state index in [2.05, 4.69) is 16.0 Å². The van der Waals surface area contributed by atoms with Crippen molar-refractivity contribution in [3.8, 4) is 5.75 Å². The first-order valence-corrected chi connectivity index (χ1v) is 9.56. The van der Waals surface area contributed by atoms with E-state index in [0.29, 0.717) is 23.5 Å². The van der Waals surface area contributed by atoms with E-state index < -0.39 is 0 Å². The topological polar surface area (TPSA) is 79.5 Å². The highest BCUT2D eigenvalue weighted by Gasteiger charge is 2.09. The van der Waals surface area contributed by atoms with Crippen molar-refractivity contribution in [2.24, 2.45) is 5.92 Å². The minimum absolute atomic E-state index is 0.0467. The maximum atomic E-state index is 12.3. The molecule has 0 atom stereocenters. The molecule has 0 unspecified atom stereocenters. The van der Waals surface area contributed by atoms with Gasteiger partial charge in [-0.25, -0.2) is 0 Å². The molecule has 6 nitrogen and oxygen atoms in total. The van der Waals surface area contributed by atoms with E-state index in [1.54, 1.807) is 48.5 Å². The number of anilines is 2. The van der Waals surface area contributed by atoms with Gasteiger partial charge in [-0.05, 0) is 67.2 Å². The Morgan fingerprint density at radius 2 is 1.54 bits per heavy atom. The molecule has 2 aromatic rings. The molecule has 2 amide bonds. The van der Waals surface area contributed by atoms with Crippen LogP contribution < -0.4 is 20.7 Å². The Balaban J connectivity index is 1.87. The summed E-state index contributed by atoms with van der Waals surface area (Å²) in [5, 5.41) is 8.59. The summed E-state index contributed by atoms with van der Waals surface area (Å²) in [7, 11) is 0. The molecular weight excluding hydrogens is 374 g/mol. The summed E-state index contributed by atoms with van der Waals surface area (Å²) in [6.45, 7) is 6.33. The van der Waals surface area contributed by atoms with Gasteiger partial charge in [-0.1, -0.05) is 20.8 Å². The Morgan fingerprint density at radius 1 is 0.964 bits per heavy atom. The van der Waals surface area contributed by atoms with Gasteiger partial charge in [0.25, 0.3) is 5.91 Å². The summed E-state index contributed by atoms with van der Waals surface area (Å²) in [5.41, 5.74) is 1.89. The van der Waals surface area contributed by atoms with Gasteiger partial charge in [-0.3, -0.25) is 14.9 Å². The van der Waals surface area contributed by atoms with Gasteiger partial charge < -0.3 is 15.4 Å². The fourth-order valence-electron chi connectivity index (χ4n) is 2.18. The molecule has 0 radical (unpaired) electrons. The van der Waals surface area contributed by atoms with Crippen LogP contribution in [0.1, 0.15) is 37.6 Å². The smallest absolute Gasteiger partial charge is 0.257 e. The molecule has 148 valence electrons. The molecule has 3 N–H and O–H groups in total. The lowest BCUT2D eigenvalue weighted by Crippen LogP contribution is -2.34. The summed E-state index contributed by atoms with van der Waals surface area (Å²) in [4.78, 5) is 24.0. The molecule has 28 heavy (non-hydrogen) atoms. The fourth-order valence-corrected chi connectivity index (χ4v) is 2.39. The third-order valence-electron chi connectivity index (χ3n) is 3.75. The molecule has 0 aliphatic carbocycles. The zero-order valence-corrected chi connectivity index (χ0v) is 17.1. The summed E-state index contributed by atoms with van der Waals surface area (Å²) in [5.74, 6) is 0.284. The second-order valence-corrected chi connectivity index (χ2v) is 6.91. The second kappa shape index (κ2) is 10.4. The number of nitrogens with one attached hydrogen (secondary N) is 3. The van der Waals surface area contributed by atoms with E-state index >= 15 is 0 Å². The van der Waals surface area contributed by atoms with Gasteiger partial charge >= 0.3 is 0 Å². The first-order chi connectivity index (χ1) is 13.4. The number of carbonyl (C=O) groups is 2. The second-order valence-electron chi connectivity index (χ2n) is 6.50. The summed E-state index contributed by atoms with van der Waals surface area (Å²) >= 11 is 5.19. The van der Waals surface area contributed by atoms with Gasteiger partial charge in [0.2, 0.25) is 5.91 Å². The van der Waals surface area contributed by atoms with E-state index in [4.69, 9.17) is 17.0 Å². The highest BCUT2D eigenvalue weighted by atomic mass is 32.1. The van der Waals surface area contributed by atoms with Crippen LogP contribution in [-0.2, 0) is 4.79 Å². The monoisotopic (exact) mass is 399 g/mol. The summed E-state index contributed by atoms with van der Waals surface area (Å²) in [6, 6.07) is 14.0. The Bertz CT molecular complexity index is 818. The van der Waals surface area contributed by atoms with E-state index in [9.17, 15) is 9.59 Å². The van der Waals surface area contributed by atoms with Crippen LogP contribution in [0.4, 0.5) is 11.4 Å². The first-order valence-electron chi connectivity index (χ1n) is 9.15. The van der Waals surface area contributed by atoms with Crippen molar-refractivity contribution in [2.75, 3.05) is 17.2 Å². The standard InChI is InChI=1S/C21H25N3O3S/c1-4-13-27-18-11-5-15(6-12-18)20(26)24-21(28)23-17-9-7-16(8-10-17)22-19(25)14(2)3/h5-12,14H,4,13H2,1-3H3,(H,22,25)(H2,23,24,26,28). The third-order valence-corrected chi connectivity index (χ3v) is 3.96. The predicted molar refractivity (Wildman–Crippen MR) is 116 cm³/mol. The number of carbonyl (C=O) groups excluding carboxylic acids is 2. The van der Waals surface area contributed by atoms with Gasteiger partial charge in [-0.2, -0.15) is 0 Å². The van der Waals surface area contributed by atoms with Crippen molar-refractivity contribution in [3.05, 3.63) is 54.1 Å². The molecule has 0 saturated carbocycles. The summed E-state index contributed by atoms with van der Waals surface area (Å²) in [6.07, 6.45) is 0.924. The highest BCUT2D eigenvalue weighted by molar-refractivity contribution is 7.80. The quantitative estimate of drug-likeness (QED) is 0.608. The Hall–Kier alpha value is -2.93. The van der Waals surface area contributed by atoms with E-state index in [1.165, 1.54) is 0 Å². The van der Waals surface area contributed by atoms with Crippen LogP contribution in [0, 0.1) is 5.92 Å². The van der Waals surface area contributed by atoms with Crippen molar-refractivity contribution >= 4 is 40.5 Å². The number of benzene rings is 2. The van der Waals surface area contributed by atoms with Gasteiger partial charge in [0, 0.05) is 22.9 Å². The van der Waals surface area contributed by atoms with Crippen molar-refractivity contribution in [3.63, 3.8) is 0 Å². The minimum Gasteiger partial charge on any atom is -0.494 e. The molecule has 0 heterocycles. The average Bonchev–Trinajstić information content (AvgIpc) is 2.68. The van der Waals surface area contributed by atoms with E-state index in [1.807, 2.05) is 20.8 Å². The number of rotatable bonds is 7. The van der Waals surface area contributed by atoms with Crippen molar-refractivity contribution < 1.29 is 14.3 Å². The maximum Gasteiger partial charge on any atom is 0.257 e. The first kappa shape index (κ1) is 21.4. The number of thiocarbonyl (C=S) groups is 1. The maximum absolute atomic E-state index is 12.3. The minimum atomic E-state index is -0.305. The Morgan fingerprint density at radius 3 is 2.07 bits per heavy atom. The lowest BCUT2D eigenvalue weighted by molar-refractivity contribution is -0.118. The third kappa shape index (κ3) is 6.66. The van der Waals surface area contributed by atoms with Gasteiger partial charge in [0.1, 0.15) is 5.75 Å². The van der Waals surface area contributed by atoms with Gasteiger partial charge in [0.05, 0.1) is 6.61 Å². The zero-order chi connectivity index (χ0) is 20.5. The van der Waals surface area contributed by atoms with Gasteiger partial charge in [-0.15, -0.1) is 0 Å². The van der Waals surface area contributed by atoms with Gasteiger partial charge in [0.15, 0.2) is 5.11 Å². The lowest BCUT2D eigenvalue weighted by atomic mass is 10.2. The van der Waals surface area contributed by atoms with Crippen LogP contribution in [0.2, 0.25) is 0 Å². The molecule has 2 rings (SSSR count). The van der Waals surface area contributed by atoms with Crippen LogP contribution >= 0.6 is 12.2 Å². The van der Waals surface area contributed by atoms with Crippen LogP contribution in [0.15, 0.2) is 48.5 Å². The van der Waals surface area contributed by atoms with Crippen molar-refractivity contribution in [2.45, 2.75) is 27.2 Å². The number of amides is 2. The zero-order valence-electron chi connectivity index (χ0n) is 16.2. The number of ether oxygens (including phenoxy) is 1. The Kier molecular flexibility index (Phi) is 7.95. The van der Waals surface area contributed by atoms with Crippen molar-refractivity contribution in [1.82, 2.24) is 5.32 Å². The summed E-state index contributed by atoms with van der Waals surface area (Å²) < 4.78 is 5.50. The lowest BCUT2D eigenvalue weighted by Gasteiger charge is -2.11.